The largest absolute Gasteiger partial charge is 0.480 e. The molecular weight excluding hydrogens is 322 g/mol. The summed E-state index contributed by atoms with van der Waals surface area (Å²) in [5.74, 6) is -0.585. The van der Waals surface area contributed by atoms with E-state index in [0.717, 1.165) is 44.2 Å². The zero-order chi connectivity index (χ0) is 17.8. The normalized spacial score (nSPS) is 18.7. The Morgan fingerprint density at radius 3 is 2.72 bits per heavy atom. The number of pyridine rings is 1. The molecule has 2 heterocycles. The summed E-state index contributed by atoms with van der Waals surface area (Å²) in [5, 5.41) is 15.2. The van der Waals surface area contributed by atoms with Crippen molar-refractivity contribution in [3.05, 3.63) is 27.5 Å². The molecule has 1 atom stereocenters. The highest BCUT2D eigenvalue weighted by Crippen LogP contribution is 2.28. The quantitative estimate of drug-likeness (QED) is 0.650. The van der Waals surface area contributed by atoms with E-state index in [-0.39, 0.29) is 11.1 Å². The lowest BCUT2D eigenvalue weighted by Gasteiger charge is -2.25. The van der Waals surface area contributed by atoms with Crippen LogP contribution in [0.4, 0.5) is 5.82 Å². The second-order valence-corrected chi connectivity index (χ2v) is 7.04. The topological polar surface area (TPSA) is 111 Å². The van der Waals surface area contributed by atoms with Gasteiger partial charge in [0, 0.05) is 18.2 Å². The van der Waals surface area contributed by atoms with Crippen molar-refractivity contribution in [2.45, 2.75) is 57.4 Å². The lowest BCUT2D eigenvalue weighted by Crippen LogP contribution is -2.43. The molecule has 7 nitrogen and oxygen atoms in total. The van der Waals surface area contributed by atoms with Crippen molar-refractivity contribution in [1.29, 1.82) is 0 Å². The van der Waals surface area contributed by atoms with E-state index >= 15 is 0 Å². The summed E-state index contributed by atoms with van der Waals surface area (Å²) in [6, 6.07) is 0.350. The van der Waals surface area contributed by atoms with Gasteiger partial charge in [-0.15, -0.1) is 0 Å². The number of aromatic amines is 1. The van der Waals surface area contributed by atoms with Gasteiger partial charge in [-0.25, -0.2) is 4.79 Å². The Balaban J connectivity index is 1.76. The predicted octanol–water partition coefficient (Wildman–Crippen LogP) is 1.89. The van der Waals surface area contributed by atoms with Crippen LogP contribution in [0.5, 0.6) is 0 Å². The van der Waals surface area contributed by atoms with Gasteiger partial charge in [0.05, 0.1) is 5.56 Å². The van der Waals surface area contributed by atoms with Gasteiger partial charge in [0.1, 0.15) is 11.9 Å². The number of anilines is 1. The van der Waals surface area contributed by atoms with E-state index < -0.39 is 17.9 Å². The molecule has 1 aliphatic carbocycles. The summed E-state index contributed by atoms with van der Waals surface area (Å²) in [7, 11) is 0. The number of rotatable bonds is 5. The molecule has 136 valence electrons. The van der Waals surface area contributed by atoms with Gasteiger partial charge >= 0.3 is 5.97 Å². The minimum Gasteiger partial charge on any atom is -0.480 e. The Hall–Kier alpha value is -2.31. The SMILES string of the molecule is O=C(N[C@@H](CC1CCCCC1)C(=O)O)c1cc(=O)[nH]c2c1CCCN2. The van der Waals surface area contributed by atoms with Crippen molar-refractivity contribution in [2.24, 2.45) is 5.92 Å². The van der Waals surface area contributed by atoms with Crippen LogP contribution in [0.15, 0.2) is 10.9 Å². The van der Waals surface area contributed by atoms with Gasteiger partial charge in [-0.1, -0.05) is 32.1 Å². The van der Waals surface area contributed by atoms with Gasteiger partial charge < -0.3 is 20.7 Å². The van der Waals surface area contributed by atoms with E-state index in [2.05, 4.69) is 15.6 Å². The molecule has 1 saturated carbocycles. The molecule has 0 saturated heterocycles. The number of H-pyrrole nitrogens is 1. The van der Waals surface area contributed by atoms with E-state index in [9.17, 15) is 19.5 Å². The number of carbonyl (C=O) groups is 2. The molecule has 7 heteroatoms. The predicted molar refractivity (Wildman–Crippen MR) is 94.0 cm³/mol. The second kappa shape index (κ2) is 7.72. The standard InChI is InChI=1S/C18H25N3O4/c22-15-10-13(12-7-4-8-19-16(12)21-15)17(23)20-14(18(24)25)9-11-5-2-1-3-6-11/h10-11,14H,1-9H2,(H,20,23)(H,24,25)(H2,19,21,22)/t14-/m0/s1. The molecule has 0 spiro atoms. The molecule has 0 bridgehead atoms. The number of hydrogen-bond acceptors (Lipinski definition) is 4. The highest BCUT2D eigenvalue weighted by molar-refractivity contribution is 5.98. The van der Waals surface area contributed by atoms with Crippen molar-refractivity contribution in [1.82, 2.24) is 10.3 Å². The van der Waals surface area contributed by atoms with Crippen LogP contribution in [-0.2, 0) is 11.2 Å². The Labute approximate surface area is 146 Å². The highest BCUT2D eigenvalue weighted by Gasteiger charge is 2.27. The van der Waals surface area contributed by atoms with Gasteiger partial charge in [0.15, 0.2) is 0 Å². The van der Waals surface area contributed by atoms with Crippen molar-refractivity contribution in [3.8, 4) is 0 Å². The molecule has 0 radical (unpaired) electrons. The lowest BCUT2D eigenvalue weighted by atomic mass is 9.84. The van der Waals surface area contributed by atoms with E-state index in [1.807, 2.05) is 0 Å². The average Bonchev–Trinajstić information content (AvgIpc) is 2.61. The van der Waals surface area contributed by atoms with Gasteiger partial charge in [-0.3, -0.25) is 9.59 Å². The minimum atomic E-state index is -1.02. The third kappa shape index (κ3) is 4.21. The van der Waals surface area contributed by atoms with Crippen LogP contribution in [0, 0.1) is 5.92 Å². The van der Waals surface area contributed by atoms with Gasteiger partial charge in [0.2, 0.25) is 5.56 Å². The maximum absolute atomic E-state index is 12.7. The van der Waals surface area contributed by atoms with E-state index in [1.54, 1.807) is 0 Å². The van der Waals surface area contributed by atoms with Gasteiger partial charge in [0.25, 0.3) is 5.91 Å². The number of aliphatic carboxylic acids is 1. The first kappa shape index (κ1) is 17.5. The van der Waals surface area contributed by atoms with Crippen LogP contribution < -0.4 is 16.2 Å². The zero-order valence-corrected chi connectivity index (χ0v) is 14.3. The molecular formula is C18H25N3O4. The number of fused-ring (bicyclic) bond motifs is 1. The summed E-state index contributed by atoms with van der Waals surface area (Å²) in [4.78, 5) is 38.8. The number of carboxylic acid groups (broad SMARTS) is 1. The smallest absolute Gasteiger partial charge is 0.326 e. The van der Waals surface area contributed by atoms with Crippen LogP contribution in [0.1, 0.15) is 60.9 Å². The second-order valence-electron chi connectivity index (χ2n) is 7.04. The Bertz CT molecular complexity index is 707. The molecule has 1 fully saturated rings. The molecule has 1 aromatic rings. The number of amides is 1. The van der Waals surface area contributed by atoms with Crippen molar-refractivity contribution >= 4 is 17.7 Å². The van der Waals surface area contributed by atoms with Crippen LogP contribution >= 0.6 is 0 Å². The maximum Gasteiger partial charge on any atom is 0.326 e. The number of hydrogen-bond donors (Lipinski definition) is 4. The van der Waals surface area contributed by atoms with Crippen molar-refractivity contribution in [3.63, 3.8) is 0 Å². The monoisotopic (exact) mass is 347 g/mol. The fourth-order valence-corrected chi connectivity index (χ4v) is 3.89. The molecule has 0 aromatic carbocycles. The van der Waals surface area contributed by atoms with Crippen LogP contribution in [-0.4, -0.2) is 34.6 Å². The summed E-state index contributed by atoms with van der Waals surface area (Å²) in [5.41, 5.74) is 0.670. The summed E-state index contributed by atoms with van der Waals surface area (Å²) in [6.07, 6.45) is 7.48. The van der Waals surface area contributed by atoms with E-state index in [0.29, 0.717) is 24.6 Å². The maximum atomic E-state index is 12.7. The third-order valence-corrected chi connectivity index (χ3v) is 5.20. The number of carboxylic acids is 1. The molecule has 1 aromatic heterocycles. The minimum absolute atomic E-state index is 0.279. The fraction of sp³-hybridized carbons (Fsp3) is 0.611. The molecule has 25 heavy (non-hydrogen) atoms. The Morgan fingerprint density at radius 1 is 1.24 bits per heavy atom. The summed E-state index contributed by atoms with van der Waals surface area (Å²) < 4.78 is 0. The molecule has 4 N–H and O–H groups in total. The third-order valence-electron chi connectivity index (χ3n) is 5.20. The number of aromatic nitrogens is 1. The van der Waals surface area contributed by atoms with E-state index in [4.69, 9.17) is 0 Å². The first-order valence-electron chi connectivity index (χ1n) is 9.08. The molecule has 2 aliphatic rings. The van der Waals surface area contributed by atoms with Crippen LogP contribution in [0.3, 0.4) is 0 Å². The molecule has 1 aliphatic heterocycles. The molecule has 0 unspecified atom stereocenters. The van der Waals surface area contributed by atoms with Crippen LogP contribution in [0.2, 0.25) is 0 Å². The lowest BCUT2D eigenvalue weighted by molar-refractivity contribution is -0.139. The highest BCUT2D eigenvalue weighted by atomic mass is 16.4. The van der Waals surface area contributed by atoms with Gasteiger partial charge in [-0.2, -0.15) is 0 Å². The Morgan fingerprint density at radius 2 is 2.00 bits per heavy atom. The molecule has 1 amide bonds. The first-order valence-corrected chi connectivity index (χ1v) is 9.08. The van der Waals surface area contributed by atoms with Crippen LogP contribution in [0.25, 0.3) is 0 Å². The zero-order valence-electron chi connectivity index (χ0n) is 14.3. The summed E-state index contributed by atoms with van der Waals surface area (Å²) in [6.45, 7) is 0.743. The van der Waals surface area contributed by atoms with E-state index in [1.165, 1.54) is 12.5 Å². The first-order chi connectivity index (χ1) is 12.0. The number of nitrogens with one attached hydrogen (secondary N) is 3. The fourth-order valence-electron chi connectivity index (χ4n) is 3.89. The average molecular weight is 347 g/mol. The van der Waals surface area contributed by atoms with Gasteiger partial charge in [-0.05, 0) is 25.2 Å². The Kier molecular flexibility index (Phi) is 5.40. The summed E-state index contributed by atoms with van der Waals surface area (Å²) >= 11 is 0. The number of carbonyl (C=O) groups excluding carboxylic acids is 1. The van der Waals surface area contributed by atoms with Crippen molar-refractivity contribution < 1.29 is 14.7 Å². The molecule has 3 rings (SSSR count). The van der Waals surface area contributed by atoms with Crippen molar-refractivity contribution in [2.75, 3.05) is 11.9 Å².